The van der Waals surface area contributed by atoms with Crippen LogP contribution in [0.5, 0.6) is 11.5 Å². The van der Waals surface area contributed by atoms with Crippen molar-refractivity contribution in [3.63, 3.8) is 0 Å². The number of fused-ring (bicyclic) bond motifs is 1. The second kappa shape index (κ2) is 5.59. The Morgan fingerprint density at radius 3 is 2.84 bits per heavy atom. The number of ether oxygens (including phenoxy) is 2. The van der Waals surface area contributed by atoms with Gasteiger partial charge in [0.05, 0.1) is 5.02 Å². The first kappa shape index (κ1) is 13.1. The molecule has 2 aliphatic rings. The third kappa shape index (κ3) is 2.54. The number of hydrogen-bond donors (Lipinski definition) is 1. The van der Waals surface area contributed by atoms with E-state index >= 15 is 0 Å². The lowest BCUT2D eigenvalue weighted by Crippen LogP contribution is -2.28. The molecule has 0 aromatic heterocycles. The lowest BCUT2D eigenvalue weighted by atomic mass is 9.88. The molecule has 0 atom stereocenters. The van der Waals surface area contributed by atoms with Crippen molar-refractivity contribution in [3.8, 4) is 11.5 Å². The first-order valence-electron chi connectivity index (χ1n) is 7.10. The van der Waals surface area contributed by atoms with Crippen LogP contribution in [-0.2, 0) is 12.8 Å². The summed E-state index contributed by atoms with van der Waals surface area (Å²) in [4.78, 5) is 0. The number of nitrogens with one attached hydrogen (secondary N) is 1. The molecule has 2 heterocycles. The van der Waals surface area contributed by atoms with Gasteiger partial charge in [0.15, 0.2) is 11.5 Å². The van der Waals surface area contributed by atoms with Crippen LogP contribution in [-0.4, -0.2) is 19.9 Å². The fourth-order valence-electron chi connectivity index (χ4n) is 3.05. The Kier molecular flexibility index (Phi) is 3.85. The van der Waals surface area contributed by atoms with E-state index < -0.39 is 0 Å². The summed E-state index contributed by atoms with van der Waals surface area (Å²) in [5.74, 6) is 2.29. The van der Waals surface area contributed by atoms with Gasteiger partial charge in [-0.2, -0.15) is 0 Å². The van der Waals surface area contributed by atoms with Gasteiger partial charge in [-0.3, -0.25) is 0 Å². The van der Waals surface area contributed by atoms with Crippen LogP contribution >= 0.6 is 11.6 Å². The highest BCUT2D eigenvalue weighted by Crippen LogP contribution is 2.43. The molecule has 0 spiro atoms. The van der Waals surface area contributed by atoms with Crippen LogP contribution in [0, 0.1) is 5.92 Å². The van der Waals surface area contributed by atoms with Crippen LogP contribution in [0.4, 0.5) is 0 Å². The van der Waals surface area contributed by atoms with Crippen molar-refractivity contribution >= 4 is 11.6 Å². The SMILES string of the molecule is CCc1c(CC2CCNCC2)cc2c(c1Cl)OCO2. The molecular formula is C15H20ClNO2. The fourth-order valence-corrected chi connectivity index (χ4v) is 3.45. The van der Waals surface area contributed by atoms with Crippen LogP contribution in [0.25, 0.3) is 0 Å². The van der Waals surface area contributed by atoms with Crippen molar-refractivity contribution < 1.29 is 9.47 Å². The number of rotatable bonds is 3. The predicted octanol–water partition coefficient (Wildman–Crippen LogP) is 3.17. The van der Waals surface area contributed by atoms with E-state index in [1.165, 1.54) is 24.0 Å². The first-order chi connectivity index (χ1) is 9.29. The van der Waals surface area contributed by atoms with Gasteiger partial charge in [0.2, 0.25) is 6.79 Å². The minimum atomic E-state index is 0.287. The van der Waals surface area contributed by atoms with Gasteiger partial charge >= 0.3 is 0 Å². The van der Waals surface area contributed by atoms with Crippen LogP contribution in [0.2, 0.25) is 5.02 Å². The minimum absolute atomic E-state index is 0.287. The molecule has 0 unspecified atom stereocenters. The zero-order valence-corrected chi connectivity index (χ0v) is 12.1. The Labute approximate surface area is 119 Å². The lowest BCUT2D eigenvalue weighted by Gasteiger charge is -2.24. The average Bonchev–Trinajstić information content (AvgIpc) is 2.89. The second-order valence-electron chi connectivity index (χ2n) is 5.31. The molecule has 19 heavy (non-hydrogen) atoms. The highest BCUT2D eigenvalue weighted by atomic mass is 35.5. The van der Waals surface area contributed by atoms with Crippen molar-refractivity contribution in [1.82, 2.24) is 5.32 Å². The maximum atomic E-state index is 6.46. The first-order valence-corrected chi connectivity index (χ1v) is 7.48. The van der Waals surface area contributed by atoms with Crippen molar-refractivity contribution in [2.75, 3.05) is 19.9 Å². The smallest absolute Gasteiger partial charge is 0.231 e. The Morgan fingerprint density at radius 1 is 1.32 bits per heavy atom. The summed E-state index contributed by atoms with van der Waals surface area (Å²) < 4.78 is 10.9. The van der Waals surface area contributed by atoms with Crippen molar-refractivity contribution in [1.29, 1.82) is 0 Å². The van der Waals surface area contributed by atoms with Gasteiger partial charge in [0, 0.05) is 0 Å². The molecule has 0 bridgehead atoms. The van der Waals surface area contributed by atoms with Crippen LogP contribution in [0.15, 0.2) is 6.07 Å². The van der Waals surface area contributed by atoms with Gasteiger partial charge < -0.3 is 14.8 Å². The van der Waals surface area contributed by atoms with E-state index in [4.69, 9.17) is 21.1 Å². The molecule has 4 heteroatoms. The van der Waals surface area contributed by atoms with Gasteiger partial charge in [0.25, 0.3) is 0 Å². The Hall–Kier alpha value is -0.930. The molecule has 1 fully saturated rings. The summed E-state index contributed by atoms with van der Waals surface area (Å²) in [6, 6.07) is 2.13. The monoisotopic (exact) mass is 281 g/mol. The second-order valence-corrected chi connectivity index (χ2v) is 5.69. The van der Waals surface area contributed by atoms with E-state index in [9.17, 15) is 0 Å². The Balaban J connectivity index is 1.89. The lowest BCUT2D eigenvalue weighted by molar-refractivity contribution is 0.174. The zero-order chi connectivity index (χ0) is 13.2. The predicted molar refractivity (Wildman–Crippen MR) is 76.3 cm³/mol. The van der Waals surface area contributed by atoms with Crippen molar-refractivity contribution in [2.45, 2.75) is 32.6 Å². The molecule has 104 valence electrons. The van der Waals surface area contributed by atoms with Gasteiger partial charge in [0.1, 0.15) is 0 Å². The molecule has 0 amide bonds. The van der Waals surface area contributed by atoms with E-state index in [1.807, 2.05) is 0 Å². The molecule has 0 radical (unpaired) electrons. The molecule has 0 saturated carbocycles. The Bertz CT molecular complexity index is 470. The maximum Gasteiger partial charge on any atom is 0.231 e. The number of benzene rings is 1. The summed E-state index contributed by atoms with van der Waals surface area (Å²) in [6.45, 7) is 4.69. The molecule has 3 nitrogen and oxygen atoms in total. The summed E-state index contributed by atoms with van der Waals surface area (Å²) in [7, 11) is 0. The third-order valence-electron chi connectivity index (χ3n) is 4.12. The summed E-state index contributed by atoms with van der Waals surface area (Å²) in [6.07, 6.45) is 4.53. The molecule has 1 N–H and O–H groups in total. The molecule has 3 rings (SSSR count). The topological polar surface area (TPSA) is 30.5 Å². The summed E-state index contributed by atoms with van der Waals surface area (Å²) in [5, 5.41) is 4.16. The standard InChI is InChI=1S/C15H20ClNO2/c1-2-12-11(7-10-3-5-17-6-4-10)8-13-15(14(12)16)19-9-18-13/h8,10,17H,2-7,9H2,1H3. The molecule has 1 saturated heterocycles. The Morgan fingerprint density at radius 2 is 2.11 bits per heavy atom. The van der Waals surface area contributed by atoms with E-state index in [-0.39, 0.29) is 6.79 Å². The zero-order valence-electron chi connectivity index (χ0n) is 11.3. The van der Waals surface area contributed by atoms with E-state index in [2.05, 4.69) is 18.3 Å². The van der Waals surface area contributed by atoms with Gasteiger partial charge in [-0.1, -0.05) is 18.5 Å². The van der Waals surface area contributed by atoms with Crippen LogP contribution in [0.3, 0.4) is 0 Å². The molecule has 0 aliphatic carbocycles. The summed E-state index contributed by atoms with van der Waals surface area (Å²) in [5.41, 5.74) is 2.56. The molecule has 1 aromatic rings. The highest BCUT2D eigenvalue weighted by molar-refractivity contribution is 6.33. The van der Waals surface area contributed by atoms with E-state index in [0.29, 0.717) is 0 Å². The van der Waals surface area contributed by atoms with Crippen molar-refractivity contribution in [3.05, 3.63) is 22.2 Å². The van der Waals surface area contributed by atoms with Crippen LogP contribution < -0.4 is 14.8 Å². The van der Waals surface area contributed by atoms with E-state index in [0.717, 1.165) is 48.4 Å². The average molecular weight is 282 g/mol. The molecule has 1 aromatic carbocycles. The van der Waals surface area contributed by atoms with Gasteiger partial charge in [-0.25, -0.2) is 0 Å². The normalized spacial score (nSPS) is 18.8. The van der Waals surface area contributed by atoms with Gasteiger partial charge in [-0.15, -0.1) is 0 Å². The van der Waals surface area contributed by atoms with Crippen molar-refractivity contribution in [2.24, 2.45) is 5.92 Å². The van der Waals surface area contributed by atoms with Crippen LogP contribution in [0.1, 0.15) is 30.9 Å². The molecular weight excluding hydrogens is 262 g/mol. The number of hydrogen-bond acceptors (Lipinski definition) is 3. The molecule has 2 aliphatic heterocycles. The van der Waals surface area contributed by atoms with E-state index in [1.54, 1.807) is 0 Å². The third-order valence-corrected chi connectivity index (χ3v) is 4.52. The maximum absolute atomic E-state index is 6.46. The number of halogens is 1. The largest absolute Gasteiger partial charge is 0.454 e. The minimum Gasteiger partial charge on any atom is -0.454 e. The van der Waals surface area contributed by atoms with Gasteiger partial charge in [-0.05, 0) is 61.9 Å². The summed E-state index contributed by atoms with van der Waals surface area (Å²) >= 11 is 6.46. The fraction of sp³-hybridized carbons (Fsp3) is 0.600. The number of piperidine rings is 1. The highest BCUT2D eigenvalue weighted by Gasteiger charge is 2.24. The quantitative estimate of drug-likeness (QED) is 0.923.